The third-order valence-electron chi connectivity index (χ3n) is 4.62. The number of aryl methyl sites for hydroxylation is 1. The average molecular weight is 367 g/mol. The van der Waals surface area contributed by atoms with Crippen LogP contribution in [0.5, 0.6) is 0 Å². The number of pyridine rings is 1. The maximum atomic E-state index is 12.7. The third kappa shape index (κ3) is 3.81. The first-order valence-electron chi connectivity index (χ1n) is 8.83. The molecule has 3 aromatic heterocycles. The summed E-state index contributed by atoms with van der Waals surface area (Å²) in [6.45, 7) is 0.219. The van der Waals surface area contributed by atoms with Crippen LogP contribution < -0.4 is 5.32 Å². The van der Waals surface area contributed by atoms with E-state index in [0.29, 0.717) is 17.6 Å². The summed E-state index contributed by atoms with van der Waals surface area (Å²) in [6.07, 6.45) is 9.18. The van der Waals surface area contributed by atoms with E-state index in [1.807, 2.05) is 23.9 Å². The number of imidazole rings is 1. The lowest BCUT2D eigenvalue weighted by molar-refractivity contribution is 0.193. The summed E-state index contributed by atoms with van der Waals surface area (Å²) >= 11 is 0. The maximum Gasteiger partial charge on any atom is 0.318 e. The second kappa shape index (κ2) is 7.18. The minimum Gasteiger partial charge on any atom is -0.337 e. The third-order valence-corrected chi connectivity index (χ3v) is 4.62. The van der Waals surface area contributed by atoms with Gasteiger partial charge in [0.25, 0.3) is 0 Å². The van der Waals surface area contributed by atoms with Crippen molar-refractivity contribution in [2.24, 2.45) is 13.0 Å². The number of carbonyl (C=O) groups excluding carboxylic acids is 1. The topological polar surface area (TPSA) is 102 Å². The average Bonchev–Trinajstić information content (AvgIpc) is 3.27. The molecule has 0 bridgehead atoms. The highest BCUT2D eigenvalue weighted by atomic mass is 16.5. The van der Waals surface area contributed by atoms with Crippen molar-refractivity contribution in [2.45, 2.75) is 25.4 Å². The van der Waals surface area contributed by atoms with E-state index < -0.39 is 0 Å². The van der Waals surface area contributed by atoms with Crippen LogP contribution in [-0.4, -0.2) is 42.7 Å². The van der Waals surface area contributed by atoms with Crippen molar-refractivity contribution in [3.05, 3.63) is 48.6 Å². The van der Waals surface area contributed by atoms with Crippen LogP contribution in [0.1, 0.15) is 30.6 Å². The molecule has 140 valence electrons. The van der Waals surface area contributed by atoms with Gasteiger partial charge < -0.3 is 19.3 Å². The zero-order valence-electron chi connectivity index (χ0n) is 15.2. The maximum absolute atomic E-state index is 12.7. The van der Waals surface area contributed by atoms with E-state index in [1.54, 1.807) is 31.7 Å². The fourth-order valence-corrected chi connectivity index (χ4v) is 2.95. The van der Waals surface area contributed by atoms with Crippen LogP contribution >= 0.6 is 0 Å². The molecular formula is C18H21N7O2. The zero-order valence-corrected chi connectivity index (χ0v) is 15.2. The predicted molar refractivity (Wildman–Crippen MR) is 96.2 cm³/mol. The van der Waals surface area contributed by atoms with E-state index in [1.165, 1.54) is 4.90 Å². The number of nitrogens with one attached hydrogen (secondary N) is 1. The molecule has 1 aliphatic carbocycles. The van der Waals surface area contributed by atoms with Gasteiger partial charge in [-0.15, -0.1) is 0 Å². The second-order valence-corrected chi connectivity index (χ2v) is 6.77. The highest BCUT2D eigenvalue weighted by molar-refractivity contribution is 5.74. The number of nitrogens with zero attached hydrogens (tertiary/aromatic N) is 6. The van der Waals surface area contributed by atoms with Crippen LogP contribution in [0, 0.1) is 5.92 Å². The molecule has 0 aliphatic heterocycles. The first kappa shape index (κ1) is 17.2. The standard InChI is InChI=1S/C18H21N7O2/c1-24-9-8-20-17(24)15(12-5-6-12)22-18(26)25(2)11-14-21-16(23-27-14)13-4-3-7-19-10-13/h3-4,7-10,12,15H,5-6,11H2,1-2H3,(H,22,26)/t15-/m1/s1. The second-order valence-electron chi connectivity index (χ2n) is 6.77. The minimum atomic E-state index is -0.198. The Labute approximate surface area is 156 Å². The lowest BCUT2D eigenvalue weighted by Gasteiger charge is -2.22. The van der Waals surface area contributed by atoms with Gasteiger partial charge in [0.15, 0.2) is 0 Å². The van der Waals surface area contributed by atoms with Crippen LogP contribution in [0.25, 0.3) is 11.4 Å². The predicted octanol–water partition coefficient (Wildman–Crippen LogP) is 2.16. The number of hydrogen-bond acceptors (Lipinski definition) is 6. The molecule has 1 aliphatic rings. The molecule has 0 spiro atoms. The van der Waals surface area contributed by atoms with Crippen molar-refractivity contribution in [1.82, 2.24) is 34.9 Å². The Morgan fingerprint density at radius 3 is 2.96 bits per heavy atom. The summed E-state index contributed by atoms with van der Waals surface area (Å²) in [7, 11) is 3.64. The van der Waals surface area contributed by atoms with Crippen molar-refractivity contribution in [1.29, 1.82) is 0 Å². The van der Waals surface area contributed by atoms with Crippen LogP contribution in [0.2, 0.25) is 0 Å². The Bertz CT molecular complexity index is 917. The molecule has 1 N–H and O–H groups in total. The van der Waals surface area contributed by atoms with Crippen molar-refractivity contribution in [3.63, 3.8) is 0 Å². The Hall–Kier alpha value is -3.23. The Kier molecular flexibility index (Phi) is 4.57. The first-order valence-corrected chi connectivity index (χ1v) is 8.83. The van der Waals surface area contributed by atoms with Crippen LogP contribution in [0.3, 0.4) is 0 Å². The number of amides is 2. The molecule has 9 heteroatoms. The minimum absolute atomic E-state index is 0.0893. The Morgan fingerprint density at radius 2 is 2.30 bits per heavy atom. The molecule has 3 heterocycles. The molecule has 0 aromatic carbocycles. The molecule has 1 atom stereocenters. The summed E-state index contributed by atoms with van der Waals surface area (Å²) in [5.74, 6) is 2.13. The lowest BCUT2D eigenvalue weighted by Crippen LogP contribution is -2.40. The summed E-state index contributed by atoms with van der Waals surface area (Å²) < 4.78 is 7.21. The van der Waals surface area contributed by atoms with Gasteiger partial charge in [-0.1, -0.05) is 5.16 Å². The highest BCUT2D eigenvalue weighted by Crippen LogP contribution is 2.40. The van der Waals surface area contributed by atoms with Gasteiger partial charge in [-0.05, 0) is 30.9 Å². The van der Waals surface area contributed by atoms with Crippen LogP contribution in [0.15, 0.2) is 41.4 Å². The molecule has 0 saturated heterocycles. The van der Waals surface area contributed by atoms with Crippen LogP contribution in [0.4, 0.5) is 4.79 Å². The monoisotopic (exact) mass is 367 g/mol. The molecule has 4 rings (SSSR count). The molecule has 2 amide bonds. The zero-order chi connectivity index (χ0) is 18.8. The summed E-state index contributed by atoms with van der Waals surface area (Å²) in [6, 6.07) is 3.37. The number of hydrogen-bond donors (Lipinski definition) is 1. The SMILES string of the molecule is CN(Cc1nc(-c2cccnc2)no1)C(=O)N[C@@H](c1nccn1C)C1CC1. The normalized spacial score (nSPS) is 14.7. The summed E-state index contributed by atoms with van der Waals surface area (Å²) in [5, 5.41) is 7.04. The van der Waals surface area contributed by atoms with E-state index in [0.717, 1.165) is 24.2 Å². The molecule has 3 aromatic rings. The summed E-state index contributed by atoms with van der Waals surface area (Å²) in [4.78, 5) is 27.0. The van der Waals surface area contributed by atoms with Crippen molar-refractivity contribution >= 4 is 6.03 Å². The van der Waals surface area contributed by atoms with Gasteiger partial charge in [0.2, 0.25) is 11.7 Å². The number of carbonyl (C=O) groups is 1. The molecule has 1 saturated carbocycles. The number of urea groups is 1. The van der Waals surface area contributed by atoms with E-state index >= 15 is 0 Å². The van der Waals surface area contributed by atoms with Crippen LogP contribution in [-0.2, 0) is 13.6 Å². The van der Waals surface area contributed by atoms with Gasteiger partial charge >= 0.3 is 6.03 Å². The quantitative estimate of drug-likeness (QED) is 0.716. The fourth-order valence-electron chi connectivity index (χ4n) is 2.95. The van der Waals surface area contributed by atoms with Gasteiger partial charge in [-0.25, -0.2) is 9.78 Å². The molecule has 27 heavy (non-hydrogen) atoms. The summed E-state index contributed by atoms with van der Waals surface area (Å²) in [5.41, 5.74) is 0.767. The first-order chi connectivity index (χ1) is 13.1. The van der Waals surface area contributed by atoms with Crippen molar-refractivity contribution < 1.29 is 9.32 Å². The lowest BCUT2D eigenvalue weighted by atomic mass is 10.1. The Morgan fingerprint density at radius 1 is 1.44 bits per heavy atom. The van der Waals surface area contributed by atoms with Crippen molar-refractivity contribution in [2.75, 3.05) is 7.05 Å². The fraction of sp³-hybridized carbons (Fsp3) is 0.389. The van der Waals surface area contributed by atoms with E-state index in [9.17, 15) is 4.79 Å². The molecule has 9 nitrogen and oxygen atoms in total. The molecule has 0 unspecified atom stereocenters. The molecule has 1 fully saturated rings. The van der Waals surface area contributed by atoms with E-state index in [2.05, 4.69) is 25.4 Å². The number of aromatic nitrogens is 5. The van der Waals surface area contributed by atoms with Gasteiger partial charge in [0, 0.05) is 44.4 Å². The highest BCUT2D eigenvalue weighted by Gasteiger charge is 2.36. The molecule has 0 radical (unpaired) electrons. The van der Waals surface area contributed by atoms with Crippen molar-refractivity contribution in [3.8, 4) is 11.4 Å². The van der Waals surface area contributed by atoms with Gasteiger partial charge in [0.1, 0.15) is 12.4 Å². The molecular weight excluding hydrogens is 346 g/mol. The smallest absolute Gasteiger partial charge is 0.318 e. The largest absolute Gasteiger partial charge is 0.337 e. The van der Waals surface area contributed by atoms with Gasteiger partial charge in [-0.2, -0.15) is 4.98 Å². The van der Waals surface area contributed by atoms with Gasteiger partial charge in [0.05, 0.1) is 6.04 Å². The van der Waals surface area contributed by atoms with E-state index in [4.69, 9.17) is 4.52 Å². The number of rotatable bonds is 6. The van der Waals surface area contributed by atoms with Gasteiger partial charge in [-0.3, -0.25) is 4.98 Å². The Balaban J connectivity index is 1.41. The van der Waals surface area contributed by atoms with E-state index in [-0.39, 0.29) is 18.6 Å².